The molecule has 0 aromatic carbocycles. The maximum atomic E-state index is 11.6. The van der Waals surface area contributed by atoms with Crippen LogP contribution >= 0.6 is 11.8 Å². The molecule has 0 fully saturated rings. The summed E-state index contributed by atoms with van der Waals surface area (Å²) in [5.41, 5.74) is -4.12. The second kappa shape index (κ2) is 6.50. The van der Waals surface area contributed by atoms with Gasteiger partial charge in [-0.25, -0.2) is 0 Å². The molecule has 0 heterocycles. The lowest BCUT2D eigenvalue weighted by Gasteiger charge is -2.10. The first-order chi connectivity index (χ1) is 5.95. The Morgan fingerprint density at radius 3 is 2.54 bits per heavy atom. The van der Waals surface area contributed by atoms with E-state index in [9.17, 15) is 13.2 Å². The van der Waals surface area contributed by atoms with Crippen molar-refractivity contribution in [3.63, 3.8) is 0 Å². The first-order valence-corrected chi connectivity index (χ1v) is 4.88. The molecule has 13 heavy (non-hydrogen) atoms. The van der Waals surface area contributed by atoms with Gasteiger partial charge in [0.1, 0.15) is 0 Å². The molecular weight excluding hydrogens is 203 g/mol. The SMILES string of the molecule is COC(C)CNCCSC(F)(F)F. The van der Waals surface area contributed by atoms with E-state index in [1.54, 1.807) is 7.11 Å². The lowest BCUT2D eigenvalue weighted by molar-refractivity contribution is -0.0327. The van der Waals surface area contributed by atoms with Gasteiger partial charge in [-0.1, -0.05) is 0 Å². The molecule has 0 radical (unpaired) electrons. The van der Waals surface area contributed by atoms with Crippen molar-refractivity contribution in [2.24, 2.45) is 0 Å². The molecule has 6 heteroatoms. The highest BCUT2D eigenvalue weighted by atomic mass is 32.2. The van der Waals surface area contributed by atoms with E-state index in [0.717, 1.165) is 0 Å². The van der Waals surface area contributed by atoms with Crippen LogP contribution in [0.25, 0.3) is 0 Å². The van der Waals surface area contributed by atoms with E-state index in [2.05, 4.69) is 5.32 Å². The predicted molar refractivity (Wildman–Crippen MR) is 47.9 cm³/mol. The van der Waals surface area contributed by atoms with Crippen molar-refractivity contribution in [3.8, 4) is 0 Å². The first-order valence-electron chi connectivity index (χ1n) is 3.90. The Labute approximate surface area is 80.2 Å². The van der Waals surface area contributed by atoms with E-state index in [4.69, 9.17) is 4.74 Å². The highest BCUT2D eigenvalue weighted by molar-refractivity contribution is 8.00. The Morgan fingerprint density at radius 1 is 1.46 bits per heavy atom. The lowest BCUT2D eigenvalue weighted by Crippen LogP contribution is -2.28. The zero-order chi connectivity index (χ0) is 10.3. The fourth-order valence-electron chi connectivity index (χ4n) is 0.628. The average Bonchev–Trinajstić information content (AvgIpc) is 2.01. The van der Waals surface area contributed by atoms with Crippen molar-refractivity contribution in [2.45, 2.75) is 18.5 Å². The third-order valence-electron chi connectivity index (χ3n) is 1.38. The molecule has 0 saturated heterocycles. The molecule has 0 aromatic rings. The number of hydrogen-bond acceptors (Lipinski definition) is 3. The van der Waals surface area contributed by atoms with Crippen LogP contribution in [0.15, 0.2) is 0 Å². The van der Waals surface area contributed by atoms with Crippen LogP contribution in [0.5, 0.6) is 0 Å². The van der Waals surface area contributed by atoms with Gasteiger partial charge in [0.25, 0.3) is 0 Å². The summed E-state index contributed by atoms with van der Waals surface area (Å²) in [6.45, 7) is 2.77. The van der Waals surface area contributed by atoms with Crippen molar-refractivity contribution in [1.82, 2.24) is 5.32 Å². The average molecular weight is 217 g/mol. The van der Waals surface area contributed by atoms with Gasteiger partial charge in [0, 0.05) is 26.0 Å². The van der Waals surface area contributed by atoms with Crippen molar-refractivity contribution in [1.29, 1.82) is 0 Å². The van der Waals surface area contributed by atoms with Crippen LogP contribution < -0.4 is 5.32 Å². The van der Waals surface area contributed by atoms with Gasteiger partial charge in [-0.2, -0.15) is 13.2 Å². The minimum absolute atomic E-state index is 0.0105. The Hall–Kier alpha value is 0.0600. The van der Waals surface area contributed by atoms with Gasteiger partial charge in [0.15, 0.2) is 0 Å². The van der Waals surface area contributed by atoms with Gasteiger partial charge in [-0.15, -0.1) is 0 Å². The fourth-order valence-corrected chi connectivity index (χ4v) is 1.11. The van der Waals surface area contributed by atoms with Gasteiger partial charge in [0.05, 0.1) is 6.10 Å². The molecule has 1 unspecified atom stereocenters. The molecule has 0 aliphatic heterocycles. The van der Waals surface area contributed by atoms with Gasteiger partial charge in [-0.05, 0) is 18.7 Å². The largest absolute Gasteiger partial charge is 0.441 e. The highest BCUT2D eigenvalue weighted by Gasteiger charge is 2.27. The number of thioether (sulfide) groups is 1. The van der Waals surface area contributed by atoms with Crippen molar-refractivity contribution < 1.29 is 17.9 Å². The zero-order valence-corrected chi connectivity index (χ0v) is 8.47. The van der Waals surface area contributed by atoms with E-state index in [-0.39, 0.29) is 23.6 Å². The Bertz CT molecular complexity index is 131. The summed E-state index contributed by atoms with van der Waals surface area (Å²) in [6.07, 6.45) is 0.0379. The molecule has 0 spiro atoms. The fraction of sp³-hybridized carbons (Fsp3) is 1.00. The number of nitrogens with one attached hydrogen (secondary N) is 1. The van der Waals surface area contributed by atoms with Crippen LogP contribution in [-0.2, 0) is 4.74 Å². The number of alkyl halides is 3. The topological polar surface area (TPSA) is 21.3 Å². The van der Waals surface area contributed by atoms with Gasteiger partial charge in [-0.3, -0.25) is 0 Å². The van der Waals surface area contributed by atoms with Gasteiger partial charge in [0.2, 0.25) is 0 Å². The molecule has 1 atom stereocenters. The molecule has 0 amide bonds. The molecule has 0 saturated carbocycles. The van der Waals surface area contributed by atoms with E-state index >= 15 is 0 Å². The summed E-state index contributed by atoms with van der Waals surface area (Å²) in [5.74, 6) is 0.0416. The van der Waals surface area contributed by atoms with E-state index in [1.807, 2.05) is 6.92 Å². The van der Waals surface area contributed by atoms with Crippen LogP contribution in [0.1, 0.15) is 6.92 Å². The van der Waals surface area contributed by atoms with Crippen LogP contribution in [-0.4, -0.2) is 37.6 Å². The Kier molecular flexibility index (Phi) is 6.53. The monoisotopic (exact) mass is 217 g/mol. The normalized spacial score (nSPS) is 14.5. The number of ether oxygens (including phenoxy) is 1. The summed E-state index contributed by atoms with van der Waals surface area (Å²) in [7, 11) is 1.57. The maximum absolute atomic E-state index is 11.6. The van der Waals surface area contributed by atoms with E-state index in [0.29, 0.717) is 13.1 Å². The number of halogens is 3. The summed E-state index contributed by atoms with van der Waals surface area (Å²) in [4.78, 5) is 0. The molecular formula is C7H14F3NOS. The van der Waals surface area contributed by atoms with Crippen LogP contribution in [0.4, 0.5) is 13.2 Å². The minimum atomic E-state index is -4.12. The summed E-state index contributed by atoms with van der Waals surface area (Å²) < 4.78 is 39.8. The molecule has 1 N–H and O–H groups in total. The van der Waals surface area contributed by atoms with Gasteiger partial charge < -0.3 is 10.1 Å². The molecule has 0 aliphatic carbocycles. The van der Waals surface area contributed by atoms with Crippen molar-refractivity contribution >= 4 is 11.8 Å². The summed E-state index contributed by atoms with van der Waals surface area (Å²) in [5, 5.41) is 2.86. The summed E-state index contributed by atoms with van der Waals surface area (Å²) in [6, 6.07) is 0. The molecule has 2 nitrogen and oxygen atoms in total. The van der Waals surface area contributed by atoms with E-state index < -0.39 is 5.51 Å². The van der Waals surface area contributed by atoms with Crippen molar-refractivity contribution in [2.75, 3.05) is 26.0 Å². The quantitative estimate of drug-likeness (QED) is 0.686. The molecule has 0 aromatic heterocycles. The lowest BCUT2D eigenvalue weighted by atomic mass is 10.4. The van der Waals surface area contributed by atoms with Crippen LogP contribution in [0, 0.1) is 0 Å². The second-order valence-electron chi connectivity index (χ2n) is 2.54. The standard InChI is InChI=1S/C7H14F3NOS/c1-6(12-2)5-11-3-4-13-7(8,9)10/h6,11H,3-5H2,1-2H3. The van der Waals surface area contributed by atoms with Crippen molar-refractivity contribution in [3.05, 3.63) is 0 Å². The highest BCUT2D eigenvalue weighted by Crippen LogP contribution is 2.29. The minimum Gasteiger partial charge on any atom is -0.380 e. The third kappa shape index (κ3) is 9.98. The predicted octanol–water partition coefficient (Wildman–Crippen LogP) is 1.86. The van der Waals surface area contributed by atoms with Crippen LogP contribution in [0.2, 0.25) is 0 Å². The summed E-state index contributed by atoms with van der Waals surface area (Å²) >= 11 is -0.0105. The van der Waals surface area contributed by atoms with E-state index in [1.165, 1.54) is 0 Å². The number of rotatable bonds is 6. The van der Waals surface area contributed by atoms with Gasteiger partial charge >= 0.3 is 5.51 Å². The second-order valence-corrected chi connectivity index (χ2v) is 3.70. The maximum Gasteiger partial charge on any atom is 0.441 e. The third-order valence-corrected chi connectivity index (χ3v) is 2.11. The number of hydrogen-bond donors (Lipinski definition) is 1. The molecule has 80 valence electrons. The molecule has 0 rings (SSSR count). The molecule has 0 bridgehead atoms. The Morgan fingerprint density at radius 2 is 2.08 bits per heavy atom. The Balaban J connectivity index is 3.18. The first kappa shape index (κ1) is 13.1. The number of methoxy groups -OCH3 is 1. The molecule has 0 aliphatic rings. The van der Waals surface area contributed by atoms with Crippen LogP contribution in [0.3, 0.4) is 0 Å². The zero-order valence-electron chi connectivity index (χ0n) is 7.65. The smallest absolute Gasteiger partial charge is 0.380 e.